The van der Waals surface area contributed by atoms with E-state index in [2.05, 4.69) is 34.6 Å². The van der Waals surface area contributed by atoms with Crippen molar-refractivity contribution in [3.63, 3.8) is 0 Å². The lowest BCUT2D eigenvalue weighted by Gasteiger charge is -2.18. The molecule has 0 heterocycles. The van der Waals surface area contributed by atoms with E-state index in [1.165, 1.54) is 0 Å². The Morgan fingerprint density at radius 3 is 0.889 bits per heavy atom. The van der Waals surface area contributed by atoms with Gasteiger partial charge in [0, 0.05) is 0 Å². The largest absolute Gasteiger partial charge is 0.147 e. The van der Waals surface area contributed by atoms with Crippen molar-refractivity contribution in [2.24, 2.45) is 17.8 Å². The van der Waals surface area contributed by atoms with E-state index in [1.807, 2.05) is 0 Å². The third kappa shape index (κ3) is 4.77. The van der Waals surface area contributed by atoms with Gasteiger partial charge in [0.2, 0.25) is 0 Å². The second-order valence-electron chi connectivity index (χ2n) is 3.35. The molecule has 0 atom stereocenters. The summed E-state index contributed by atoms with van der Waals surface area (Å²) in [5.41, 5.74) is 0. The van der Waals surface area contributed by atoms with E-state index in [0.29, 0.717) is 0 Å². The zero-order valence-electron chi connectivity index (χ0n) is 7.14. The number of hydrogen-bond acceptors (Lipinski definition) is 0. The highest BCUT2D eigenvalue weighted by atomic mass is 35.5. The summed E-state index contributed by atoms with van der Waals surface area (Å²) < 4.78 is 0. The maximum absolute atomic E-state index is 2.31. The molecule has 0 aromatic carbocycles. The van der Waals surface area contributed by atoms with E-state index in [9.17, 15) is 0 Å². The molecule has 9 heavy (non-hydrogen) atoms. The summed E-state index contributed by atoms with van der Waals surface area (Å²) in [5, 5.41) is 0. The summed E-state index contributed by atoms with van der Waals surface area (Å²) in [6, 6.07) is 0. The lowest BCUT2D eigenvalue weighted by Crippen LogP contribution is -2.10. The highest BCUT2D eigenvalue weighted by molar-refractivity contribution is 5.85. The summed E-state index contributed by atoms with van der Waals surface area (Å²) in [5.74, 6) is 2.56. The van der Waals surface area contributed by atoms with Crippen molar-refractivity contribution in [2.45, 2.75) is 34.6 Å². The molecule has 0 rings (SSSR count). The van der Waals surface area contributed by atoms with Gasteiger partial charge in [-0.15, -0.1) is 12.4 Å². The predicted molar refractivity (Wildman–Crippen MR) is 46.1 cm³/mol. The zero-order valence-corrected chi connectivity index (χ0v) is 7.96. The number of hydrogen-bond donors (Lipinski definition) is 0. The van der Waals surface area contributed by atoms with Crippen LogP contribution in [0.3, 0.4) is 0 Å². The maximum atomic E-state index is 2.31. The molecule has 0 aliphatic carbocycles. The smallest absolute Gasteiger partial charge is 0.0396 e. The van der Waals surface area contributed by atoms with Crippen LogP contribution in [0.25, 0.3) is 0 Å². The molecule has 0 aromatic rings. The molecule has 0 aliphatic rings. The van der Waals surface area contributed by atoms with Crippen molar-refractivity contribution in [1.82, 2.24) is 0 Å². The van der Waals surface area contributed by atoms with E-state index in [1.54, 1.807) is 0 Å². The Balaban J connectivity index is 0. The van der Waals surface area contributed by atoms with Gasteiger partial charge in [-0.05, 0) is 17.8 Å². The van der Waals surface area contributed by atoms with E-state index in [-0.39, 0.29) is 12.4 Å². The molecular weight excluding hydrogens is 132 g/mol. The van der Waals surface area contributed by atoms with Gasteiger partial charge in [-0.3, -0.25) is 0 Å². The molecule has 0 bridgehead atoms. The third-order valence-electron chi connectivity index (χ3n) is 2.10. The highest BCUT2D eigenvalue weighted by Crippen LogP contribution is 2.18. The Labute approximate surface area is 65.4 Å². The van der Waals surface area contributed by atoms with Crippen LogP contribution in [-0.2, 0) is 0 Å². The standard InChI is InChI=1S/C8H18.ClH/c1-6(2)8(5)7(3)4;/h6-8H,1-5H3;1H. The van der Waals surface area contributed by atoms with Crippen LogP contribution in [0.4, 0.5) is 0 Å². The molecule has 0 amide bonds. The SMILES string of the molecule is CC(C)C(C)C(C)C.Cl. The fourth-order valence-electron chi connectivity index (χ4n) is 0.770. The summed E-state index contributed by atoms with van der Waals surface area (Å²) in [6.07, 6.45) is 0. The lowest BCUT2D eigenvalue weighted by atomic mass is 9.88. The van der Waals surface area contributed by atoms with Crippen LogP contribution in [0.1, 0.15) is 34.6 Å². The quantitative estimate of drug-likeness (QED) is 0.567. The third-order valence-corrected chi connectivity index (χ3v) is 2.10. The molecule has 0 aliphatic heterocycles. The normalized spacial score (nSPS) is 10.7. The first-order valence-corrected chi connectivity index (χ1v) is 3.55. The van der Waals surface area contributed by atoms with Crippen molar-refractivity contribution < 1.29 is 0 Å². The van der Waals surface area contributed by atoms with Crippen molar-refractivity contribution in [3.8, 4) is 0 Å². The van der Waals surface area contributed by atoms with Crippen LogP contribution in [0.15, 0.2) is 0 Å². The molecule has 0 nitrogen and oxygen atoms in total. The maximum Gasteiger partial charge on any atom is -0.0396 e. The minimum absolute atomic E-state index is 0. The summed E-state index contributed by atoms with van der Waals surface area (Å²) in [6.45, 7) is 11.4. The first-order valence-electron chi connectivity index (χ1n) is 3.55. The van der Waals surface area contributed by atoms with Gasteiger partial charge in [0.25, 0.3) is 0 Å². The van der Waals surface area contributed by atoms with Crippen LogP contribution in [0.5, 0.6) is 0 Å². The summed E-state index contributed by atoms with van der Waals surface area (Å²) in [7, 11) is 0. The minimum Gasteiger partial charge on any atom is -0.147 e. The second-order valence-corrected chi connectivity index (χ2v) is 3.35. The molecule has 0 fully saturated rings. The first-order chi connectivity index (χ1) is 3.55. The molecule has 0 radical (unpaired) electrons. The first kappa shape index (κ1) is 12.0. The van der Waals surface area contributed by atoms with Gasteiger partial charge in [0.05, 0.1) is 0 Å². The Bertz CT molecular complexity index is 49.6. The van der Waals surface area contributed by atoms with Crippen molar-refractivity contribution >= 4 is 12.4 Å². The average Bonchev–Trinajstić information content (AvgIpc) is 1.64. The van der Waals surface area contributed by atoms with Crippen LogP contribution in [-0.4, -0.2) is 0 Å². The molecule has 0 saturated heterocycles. The fraction of sp³-hybridized carbons (Fsp3) is 1.00. The van der Waals surface area contributed by atoms with Crippen LogP contribution in [0, 0.1) is 17.8 Å². The van der Waals surface area contributed by atoms with Gasteiger partial charge in [0.1, 0.15) is 0 Å². The number of rotatable bonds is 2. The molecule has 58 valence electrons. The Morgan fingerprint density at radius 2 is 0.889 bits per heavy atom. The second kappa shape index (κ2) is 5.10. The van der Waals surface area contributed by atoms with Crippen molar-refractivity contribution in [2.75, 3.05) is 0 Å². The van der Waals surface area contributed by atoms with Gasteiger partial charge in [-0.2, -0.15) is 0 Å². The van der Waals surface area contributed by atoms with Crippen LogP contribution in [0.2, 0.25) is 0 Å². The van der Waals surface area contributed by atoms with E-state index >= 15 is 0 Å². The highest BCUT2D eigenvalue weighted by Gasteiger charge is 2.09. The molecule has 0 N–H and O–H groups in total. The lowest BCUT2D eigenvalue weighted by molar-refractivity contribution is 0.316. The molecular formula is C8H19Cl. The van der Waals surface area contributed by atoms with Crippen molar-refractivity contribution in [1.29, 1.82) is 0 Å². The van der Waals surface area contributed by atoms with Gasteiger partial charge < -0.3 is 0 Å². The summed E-state index contributed by atoms with van der Waals surface area (Å²) >= 11 is 0. The zero-order chi connectivity index (χ0) is 6.73. The summed E-state index contributed by atoms with van der Waals surface area (Å²) in [4.78, 5) is 0. The van der Waals surface area contributed by atoms with Gasteiger partial charge in [-0.25, -0.2) is 0 Å². The van der Waals surface area contributed by atoms with E-state index in [4.69, 9.17) is 0 Å². The monoisotopic (exact) mass is 150 g/mol. The Hall–Kier alpha value is 0.290. The van der Waals surface area contributed by atoms with E-state index < -0.39 is 0 Å². The topological polar surface area (TPSA) is 0 Å². The van der Waals surface area contributed by atoms with Crippen LogP contribution < -0.4 is 0 Å². The van der Waals surface area contributed by atoms with Crippen molar-refractivity contribution in [3.05, 3.63) is 0 Å². The molecule has 0 saturated carbocycles. The van der Waals surface area contributed by atoms with Gasteiger partial charge >= 0.3 is 0 Å². The molecule has 0 aromatic heterocycles. The minimum atomic E-state index is 0. The fourth-order valence-corrected chi connectivity index (χ4v) is 0.770. The molecule has 0 spiro atoms. The average molecular weight is 151 g/mol. The predicted octanol–water partition coefficient (Wildman–Crippen LogP) is 3.36. The molecule has 0 unspecified atom stereocenters. The van der Waals surface area contributed by atoms with Gasteiger partial charge in [-0.1, -0.05) is 34.6 Å². The molecule has 1 heteroatoms. The Kier molecular flexibility index (Phi) is 6.81. The van der Waals surface area contributed by atoms with Crippen LogP contribution >= 0.6 is 12.4 Å². The van der Waals surface area contributed by atoms with Gasteiger partial charge in [0.15, 0.2) is 0 Å². The number of halogens is 1. The Morgan fingerprint density at radius 1 is 0.667 bits per heavy atom. The van der Waals surface area contributed by atoms with E-state index in [0.717, 1.165) is 17.8 Å².